The summed E-state index contributed by atoms with van der Waals surface area (Å²) in [5, 5.41) is 19.3. The second kappa shape index (κ2) is 5.54. The summed E-state index contributed by atoms with van der Waals surface area (Å²) in [6, 6.07) is 9.47. The van der Waals surface area contributed by atoms with E-state index in [1.165, 1.54) is 12.1 Å². The van der Waals surface area contributed by atoms with E-state index in [0.29, 0.717) is 5.39 Å². The molecule has 2 N–H and O–H groups in total. The van der Waals surface area contributed by atoms with E-state index in [2.05, 4.69) is 6.58 Å². The minimum Gasteiger partial charge on any atom is -0.478 e. The quantitative estimate of drug-likeness (QED) is 0.506. The van der Waals surface area contributed by atoms with Crippen molar-refractivity contribution in [1.29, 1.82) is 0 Å². The van der Waals surface area contributed by atoms with Gasteiger partial charge in [-0.25, -0.2) is 9.59 Å². The number of carboxylic acids is 1. The molecule has 0 aromatic heterocycles. The second-order valence-corrected chi connectivity index (χ2v) is 4.05. The van der Waals surface area contributed by atoms with E-state index in [-0.39, 0.29) is 16.5 Å². The number of ether oxygens (including phenoxy) is 1. The summed E-state index contributed by atoms with van der Waals surface area (Å²) < 4.78 is 4.73. The van der Waals surface area contributed by atoms with Gasteiger partial charge in [-0.3, -0.25) is 0 Å². The summed E-state index contributed by atoms with van der Waals surface area (Å²) in [7, 11) is 0. The van der Waals surface area contributed by atoms with E-state index in [4.69, 9.17) is 4.74 Å². The van der Waals surface area contributed by atoms with Crippen LogP contribution in [0.2, 0.25) is 0 Å². The van der Waals surface area contributed by atoms with Crippen molar-refractivity contribution in [3.63, 3.8) is 0 Å². The van der Waals surface area contributed by atoms with Crippen LogP contribution in [-0.2, 0) is 4.74 Å². The van der Waals surface area contributed by atoms with E-state index in [1.807, 2.05) is 0 Å². The van der Waals surface area contributed by atoms with E-state index in [0.717, 1.165) is 6.08 Å². The van der Waals surface area contributed by atoms with Crippen molar-refractivity contribution in [2.75, 3.05) is 0 Å². The van der Waals surface area contributed by atoms with Gasteiger partial charge in [-0.1, -0.05) is 30.8 Å². The lowest BCUT2D eigenvalue weighted by Crippen LogP contribution is -2.16. The van der Waals surface area contributed by atoms with Gasteiger partial charge in [-0.15, -0.1) is 0 Å². The van der Waals surface area contributed by atoms with Crippen LogP contribution >= 0.6 is 0 Å². The third-order valence-electron chi connectivity index (χ3n) is 2.78. The highest BCUT2D eigenvalue weighted by Gasteiger charge is 2.18. The summed E-state index contributed by atoms with van der Waals surface area (Å²) in [5.74, 6) is -1.95. The van der Waals surface area contributed by atoms with E-state index in [1.54, 1.807) is 24.3 Å². The van der Waals surface area contributed by atoms with Gasteiger partial charge >= 0.3 is 11.9 Å². The average molecular weight is 272 g/mol. The molecule has 1 unspecified atom stereocenters. The molecule has 2 rings (SSSR count). The number of aliphatic hydroxyl groups excluding tert-OH is 1. The van der Waals surface area contributed by atoms with Crippen LogP contribution < -0.4 is 0 Å². The van der Waals surface area contributed by atoms with Gasteiger partial charge in [0.2, 0.25) is 6.29 Å². The minimum absolute atomic E-state index is 0.00291. The van der Waals surface area contributed by atoms with Gasteiger partial charge in [0.1, 0.15) is 0 Å². The molecule has 0 aliphatic rings. The van der Waals surface area contributed by atoms with Crippen molar-refractivity contribution in [3.8, 4) is 0 Å². The zero-order valence-corrected chi connectivity index (χ0v) is 10.4. The molecule has 1 atom stereocenters. The van der Waals surface area contributed by atoms with Crippen LogP contribution in [0.1, 0.15) is 20.7 Å². The number of carbonyl (C=O) groups is 2. The van der Waals surface area contributed by atoms with Crippen LogP contribution in [0.15, 0.2) is 49.1 Å². The molecular formula is C15H12O5. The molecule has 0 aliphatic carbocycles. The monoisotopic (exact) mass is 272 g/mol. The van der Waals surface area contributed by atoms with Crippen LogP contribution in [0, 0.1) is 0 Å². The Hall–Kier alpha value is -2.66. The van der Waals surface area contributed by atoms with Gasteiger partial charge in [0.25, 0.3) is 0 Å². The summed E-state index contributed by atoms with van der Waals surface area (Å²) in [4.78, 5) is 23.2. The van der Waals surface area contributed by atoms with Crippen LogP contribution in [-0.4, -0.2) is 28.4 Å². The molecule has 2 aromatic rings. The number of fused-ring (bicyclic) bond motifs is 1. The highest BCUT2D eigenvalue weighted by Crippen LogP contribution is 2.24. The van der Waals surface area contributed by atoms with Gasteiger partial charge in [-0.2, -0.15) is 0 Å². The topological polar surface area (TPSA) is 83.8 Å². The molecule has 0 heterocycles. The third-order valence-corrected chi connectivity index (χ3v) is 2.78. The van der Waals surface area contributed by atoms with Gasteiger partial charge < -0.3 is 14.9 Å². The molecule has 102 valence electrons. The largest absolute Gasteiger partial charge is 0.478 e. The molecule has 0 spiro atoms. The molecular weight excluding hydrogens is 260 g/mol. The maximum atomic E-state index is 12.0. The maximum Gasteiger partial charge on any atom is 0.341 e. The first kappa shape index (κ1) is 13.8. The number of benzene rings is 2. The number of rotatable bonds is 4. The third kappa shape index (κ3) is 2.53. The molecule has 0 aliphatic heterocycles. The first-order chi connectivity index (χ1) is 9.54. The Balaban J connectivity index is 2.61. The fourth-order valence-corrected chi connectivity index (χ4v) is 1.91. The van der Waals surface area contributed by atoms with Crippen molar-refractivity contribution < 1.29 is 24.5 Å². The molecule has 2 aromatic carbocycles. The lowest BCUT2D eigenvalue weighted by atomic mass is 9.99. The maximum absolute atomic E-state index is 12.0. The van der Waals surface area contributed by atoms with E-state index < -0.39 is 18.2 Å². The molecule has 20 heavy (non-hydrogen) atoms. The fraction of sp³-hybridized carbons (Fsp3) is 0.0667. The number of carbonyl (C=O) groups excluding carboxylic acids is 1. The average Bonchev–Trinajstić information content (AvgIpc) is 2.45. The number of hydrogen-bond acceptors (Lipinski definition) is 4. The van der Waals surface area contributed by atoms with Crippen molar-refractivity contribution in [2.24, 2.45) is 0 Å². The molecule has 0 saturated heterocycles. The summed E-state index contributed by atoms with van der Waals surface area (Å²) in [6.45, 7) is 3.29. The van der Waals surface area contributed by atoms with Gasteiger partial charge in [0, 0.05) is 5.39 Å². The molecule has 0 radical (unpaired) electrons. The first-order valence-electron chi connectivity index (χ1n) is 5.81. The number of esters is 1. The number of hydrogen-bond donors (Lipinski definition) is 2. The SMILES string of the molecule is C=CC(O)OC(=O)c1cccc2cccc(C(=O)O)c12. The zero-order chi connectivity index (χ0) is 14.7. The molecule has 0 amide bonds. The Labute approximate surface area is 114 Å². The van der Waals surface area contributed by atoms with Crippen LogP contribution in [0.5, 0.6) is 0 Å². The van der Waals surface area contributed by atoms with E-state index in [9.17, 15) is 19.8 Å². The lowest BCUT2D eigenvalue weighted by molar-refractivity contribution is -0.0348. The summed E-state index contributed by atoms with van der Waals surface area (Å²) in [5.41, 5.74) is 0.0875. The first-order valence-corrected chi connectivity index (χ1v) is 5.81. The minimum atomic E-state index is -1.44. The number of aliphatic hydroxyl groups is 1. The number of carboxylic acid groups (broad SMARTS) is 1. The van der Waals surface area contributed by atoms with Crippen LogP contribution in [0.4, 0.5) is 0 Å². The van der Waals surface area contributed by atoms with Gasteiger partial charge in [-0.05, 0) is 23.6 Å². The molecule has 5 heteroatoms. The smallest absolute Gasteiger partial charge is 0.341 e. The van der Waals surface area contributed by atoms with Crippen molar-refractivity contribution in [2.45, 2.75) is 6.29 Å². The zero-order valence-electron chi connectivity index (χ0n) is 10.4. The predicted molar refractivity (Wildman–Crippen MR) is 72.5 cm³/mol. The highest BCUT2D eigenvalue weighted by molar-refractivity contribution is 6.12. The van der Waals surface area contributed by atoms with Gasteiger partial charge in [0.05, 0.1) is 11.1 Å². The number of aromatic carboxylic acids is 1. The fourth-order valence-electron chi connectivity index (χ4n) is 1.91. The Kier molecular flexibility index (Phi) is 3.81. The highest BCUT2D eigenvalue weighted by atomic mass is 16.6. The van der Waals surface area contributed by atoms with Gasteiger partial charge in [0.15, 0.2) is 0 Å². The molecule has 5 nitrogen and oxygen atoms in total. The Morgan fingerprint density at radius 2 is 1.75 bits per heavy atom. The normalized spacial score (nSPS) is 11.8. The van der Waals surface area contributed by atoms with E-state index >= 15 is 0 Å². The van der Waals surface area contributed by atoms with Crippen LogP contribution in [0.3, 0.4) is 0 Å². The van der Waals surface area contributed by atoms with Crippen molar-refractivity contribution in [3.05, 3.63) is 60.2 Å². The summed E-state index contributed by atoms with van der Waals surface area (Å²) in [6.07, 6.45) is -0.379. The van der Waals surface area contributed by atoms with Crippen molar-refractivity contribution >= 4 is 22.7 Å². The molecule has 0 saturated carbocycles. The standard InChI is InChI=1S/C15H12O5/c1-2-12(16)20-15(19)11-8-4-6-9-5-3-7-10(13(9)11)14(17)18/h2-8,12,16H,1H2,(H,17,18). The predicted octanol–water partition coefficient (Wildman–Crippen LogP) is 2.20. The Morgan fingerprint density at radius 1 is 1.15 bits per heavy atom. The second-order valence-electron chi connectivity index (χ2n) is 4.05. The molecule has 0 fully saturated rings. The van der Waals surface area contributed by atoms with Crippen LogP contribution in [0.25, 0.3) is 10.8 Å². The summed E-state index contributed by atoms with van der Waals surface area (Å²) >= 11 is 0. The lowest BCUT2D eigenvalue weighted by Gasteiger charge is -2.11. The van der Waals surface area contributed by atoms with Crippen molar-refractivity contribution in [1.82, 2.24) is 0 Å². The molecule has 0 bridgehead atoms. The Bertz CT molecular complexity index is 684. The Morgan fingerprint density at radius 3 is 2.30 bits per heavy atom.